The number of hydrogen-bond donors (Lipinski definition) is 2. The van der Waals surface area contributed by atoms with E-state index in [2.05, 4.69) is 32.9 Å². The predicted molar refractivity (Wildman–Crippen MR) is 104 cm³/mol. The van der Waals surface area contributed by atoms with Crippen LogP contribution in [0.2, 0.25) is 0 Å². The number of hydrogen-bond acceptors (Lipinski definition) is 3. The summed E-state index contributed by atoms with van der Waals surface area (Å²) >= 11 is 3.60. The van der Waals surface area contributed by atoms with Gasteiger partial charge in [0.15, 0.2) is 0 Å². The van der Waals surface area contributed by atoms with Gasteiger partial charge in [-0.2, -0.15) is 0 Å². The van der Waals surface area contributed by atoms with Crippen LogP contribution in [-0.4, -0.2) is 59.8 Å². The molecule has 1 unspecified atom stereocenters. The molecule has 1 aromatic carbocycles. The monoisotopic (exact) mass is 418 g/mol. The smallest absolute Gasteiger partial charge is 0.250 e. The summed E-state index contributed by atoms with van der Waals surface area (Å²) in [5.41, 5.74) is 9.08. The molecule has 1 aliphatic heterocycles. The largest absolute Gasteiger partial charge is 0.366 e. The summed E-state index contributed by atoms with van der Waals surface area (Å²) in [5, 5.41) is 1.03. The Hall–Kier alpha value is -1.86. The lowest BCUT2D eigenvalue weighted by molar-refractivity contribution is -0.137. The maximum atomic E-state index is 12.9. The number of aryl methyl sites for hydroxylation is 1. The number of nitrogens with two attached hydrogens (primary N) is 1. The SMILES string of the molecule is CN1CCN(C(=O)C2CCc3c([nH]c4c(C(N)=O)ccc(Br)c34)C2)CC1. The third-order valence-corrected chi connectivity index (χ3v) is 6.38. The van der Waals surface area contributed by atoms with Gasteiger partial charge in [-0.3, -0.25) is 9.59 Å². The van der Waals surface area contributed by atoms with Crippen LogP contribution in [0, 0.1) is 5.92 Å². The Morgan fingerprint density at radius 2 is 1.96 bits per heavy atom. The summed E-state index contributed by atoms with van der Waals surface area (Å²) in [6.07, 6.45) is 2.37. The first-order valence-corrected chi connectivity index (χ1v) is 9.84. The summed E-state index contributed by atoms with van der Waals surface area (Å²) in [6, 6.07) is 3.61. The average molecular weight is 419 g/mol. The zero-order valence-corrected chi connectivity index (χ0v) is 16.4. The van der Waals surface area contributed by atoms with Crippen LogP contribution < -0.4 is 5.73 Å². The minimum absolute atomic E-state index is 0.00905. The van der Waals surface area contributed by atoms with Crippen LogP contribution in [0.25, 0.3) is 10.9 Å². The number of likely N-dealkylation sites (N-methyl/N-ethyl adjacent to an activating group) is 1. The Labute approximate surface area is 160 Å². The topological polar surface area (TPSA) is 82.4 Å². The number of amides is 2. The summed E-state index contributed by atoms with van der Waals surface area (Å²) in [7, 11) is 2.09. The number of aromatic amines is 1. The lowest BCUT2D eigenvalue weighted by atomic mass is 9.85. The van der Waals surface area contributed by atoms with Crippen molar-refractivity contribution in [2.75, 3.05) is 33.2 Å². The third kappa shape index (κ3) is 2.93. The fourth-order valence-electron chi connectivity index (χ4n) is 4.20. The number of aromatic nitrogens is 1. The van der Waals surface area contributed by atoms with Gasteiger partial charge in [-0.15, -0.1) is 0 Å². The highest BCUT2D eigenvalue weighted by atomic mass is 79.9. The number of halogens is 1. The molecule has 1 fully saturated rings. The molecule has 3 N–H and O–H groups in total. The molecule has 6 nitrogen and oxygen atoms in total. The van der Waals surface area contributed by atoms with E-state index in [1.807, 2.05) is 11.0 Å². The van der Waals surface area contributed by atoms with Crippen LogP contribution in [0.15, 0.2) is 16.6 Å². The molecule has 1 saturated heterocycles. The van der Waals surface area contributed by atoms with Crippen molar-refractivity contribution in [2.24, 2.45) is 11.7 Å². The van der Waals surface area contributed by atoms with Crippen LogP contribution >= 0.6 is 15.9 Å². The molecule has 1 atom stereocenters. The van der Waals surface area contributed by atoms with Gasteiger partial charge in [-0.25, -0.2) is 0 Å². The van der Waals surface area contributed by atoms with E-state index in [4.69, 9.17) is 5.73 Å². The van der Waals surface area contributed by atoms with Gasteiger partial charge in [0.1, 0.15) is 0 Å². The van der Waals surface area contributed by atoms with Crippen LogP contribution in [0.1, 0.15) is 28.0 Å². The second-order valence-electron chi connectivity index (χ2n) is 7.36. The summed E-state index contributed by atoms with van der Waals surface area (Å²) in [6.45, 7) is 3.49. The van der Waals surface area contributed by atoms with Gasteiger partial charge in [0.05, 0.1) is 11.1 Å². The van der Waals surface area contributed by atoms with E-state index in [1.165, 1.54) is 5.56 Å². The molecule has 26 heavy (non-hydrogen) atoms. The van der Waals surface area contributed by atoms with Crippen molar-refractivity contribution in [3.63, 3.8) is 0 Å². The van der Waals surface area contributed by atoms with Crippen LogP contribution in [0.5, 0.6) is 0 Å². The Bertz CT molecular complexity index is 883. The van der Waals surface area contributed by atoms with Crippen molar-refractivity contribution >= 4 is 38.6 Å². The fourth-order valence-corrected chi connectivity index (χ4v) is 4.77. The van der Waals surface area contributed by atoms with Crippen molar-refractivity contribution in [1.82, 2.24) is 14.8 Å². The first-order valence-electron chi connectivity index (χ1n) is 9.04. The molecule has 2 aromatic rings. The van der Waals surface area contributed by atoms with Gasteiger partial charge < -0.3 is 20.5 Å². The van der Waals surface area contributed by atoms with Crippen LogP contribution in [0.4, 0.5) is 0 Å². The van der Waals surface area contributed by atoms with E-state index in [9.17, 15) is 9.59 Å². The molecule has 7 heteroatoms. The van der Waals surface area contributed by atoms with E-state index in [0.29, 0.717) is 12.0 Å². The number of nitrogens with zero attached hydrogens (tertiary/aromatic N) is 2. The number of benzene rings is 1. The van der Waals surface area contributed by atoms with Crippen LogP contribution in [0.3, 0.4) is 0 Å². The maximum absolute atomic E-state index is 12.9. The number of carbonyl (C=O) groups excluding carboxylic acids is 2. The average Bonchev–Trinajstić information content (AvgIpc) is 3.01. The fraction of sp³-hybridized carbons (Fsp3) is 0.474. The molecule has 0 radical (unpaired) electrons. The van der Waals surface area contributed by atoms with Gasteiger partial charge in [-0.05, 0) is 44.0 Å². The lowest BCUT2D eigenvalue weighted by Gasteiger charge is -2.35. The van der Waals surface area contributed by atoms with Gasteiger partial charge >= 0.3 is 0 Å². The second kappa shape index (κ2) is 6.70. The molecule has 1 aromatic heterocycles. The first-order chi connectivity index (χ1) is 12.5. The number of fused-ring (bicyclic) bond motifs is 3. The van der Waals surface area contributed by atoms with E-state index in [1.54, 1.807) is 6.07 Å². The molecule has 1 aliphatic carbocycles. The Morgan fingerprint density at radius 3 is 2.65 bits per heavy atom. The number of rotatable bonds is 2. The summed E-state index contributed by atoms with van der Waals surface area (Å²) in [4.78, 5) is 32.4. The number of primary amides is 1. The van der Waals surface area contributed by atoms with Crippen molar-refractivity contribution in [2.45, 2.75) is 19.3 Å². The van der Waals surface area contributed by atoms with Gasteiger partial charge in [0.25, 0.3) is 5.91 Å². The molecule has 2 amide bonds. The zero-order chi connectivity index (χ0) is 18.4. The van der Waals surface area contributed by atoms with Crippen molar-refractivity contribution in [3.05, 3.63) is 33.4 Å². The Kier molecular flexibility index (Phi) is 4.52. The highest BCUT2D eigenvalue weighted by Gasteiger charge is 2.32. The van der Waals surface area contributed by atoms with Gasteiger partial charge in [-0.1, -0.05) is 15.9 Å². The molecule has 2 heterocycles. The Morgan fingerprint density at radius 1 is 1.23 bits per heavy atom. The van der Waals surface area contributed by atoms with Crippen molar-refractivity contribution < 1.29 is 9.59 Å². The predicted octanol–water partition coefficient (Wildman–Crippen LogP) is 1.91. The zero-order valence-electron chi connectivity index (χ0n) is 14.8. The van der Waals surface area contributed by atoms with E-state index in [0.717, 1.165) is 60.1 Å². The minimum atomic E-state index is -0.439. The van der Waals surface area contributed by atoms with E-state index in [-0.39, 0.29) is 11.8 Å². The highest BCUT2D eigenvalue weighted by Crippen LogP contribution is 2.37. The molecular weight excluding hydrogens is 396 g/mol. The quantitative estimate of drug-likeness (QED) is 0.780. The molecule has 0 saturated carbocycles. The highest BCUT2D eigenvalue weighted by molar-refractivity contribution is 9.10. The molecule has 0 bridgehead atoms. The lowest BCUT2D eigenvalue weighted by Crippen LogP contribution is -2.49. The minimum Gasteiger partial charge on any atom is -0.366 e. The molecular formula is C19H23BrN4O2. The van der Waals surface area contributed by atoms with Crippen molar-refractivity contribution in [1.29, 1.82) is 0 Å². The van der Waals surface area contributed by atoms with Gasteiger partial charge in [0.2, 0.25) is 5.91 Å². The normalized spacial score (nSPS) is 21.0. The molecule has 4 rings (SSSR count). The molecule has 138 valence electrons. The van der Waals surface area contributed by atoms with Crippen molar-refractivity contribution in [3.8, 4) is 0 Å². The van der Waals surface area contributed by atoms with Crippen LogP contribution in [-0.2, 0) is 17.6 Å². The summed E-state index contributed by atoms with van der Waals surface area (Å²) in [5.74, 6) is -0.169. The number of nitrogens with one attached hydrogen (secondary N) is 1. The number of H-pyrrole nitrogens is 1. The van der Waals surface area contributed by atoms with E-state index < -0.39 is 5.91 Å². The number of piperazine rings is 1. The molecule has 2 aliphatic rings. The van der Waals surface area contributed by atoms with Gasteiger partial charge in [0, 0.05) is 47.6 Å². The third-order valence-electron chi connectivity index (χ3n) is 5.72. The standard InChI is InChI=1S/C19H23BrN4O2/c1-23-6-8-24(9-7-23)19(26)11-2-3-12-15(10-11)22-17-13(18(21)25)4-5-14(20)16(12)17/h4-5,11,22H,2-3,6-10H2,1H3,(H2,21,25). The Balaban J connectivity index is 1.63. The van der Waals surface area contributed by atoms with E-state index >= 15 is 0 Å². The summed E-state index contributed by atoms with van der Waals surface area (Å²) < 4.78 is 0.957. The maximum Gasteiger partial charge on any atom is 0.250 e. The first kappa shape index (κ1) is 17.5. The molecule has 0 spiro atoms. The second-order valence-corrected chi connectivity index (χ2v) is 8.21. The number of carbonyl (C=O) groups is 2.